The van der Waals surface area contributed by atoms with Crippen LogP contribution in [0.2, 0.25) is 0 Å². The molecule has 0 atom stereocenters. The van der Waals surface area contributed by atoms with E-state index in [0.717, 1.165) is 31.4 Å². The zero-order valence-electron chi connectivity index (χ0n) is 12.7. The maximum absolute atomic E-state index is 12.5. The van der Waals surface area contributed by atoms with Crippen molar-refractivity contribution in [3.63, 3.8) is 0 Å². The van der Waals surface area contributed by atoms with Gasteiger partial charge in [-0.15, -0.1) is 0 Å². The number of hydrogen-bond acceptors (Lipinski definition) is 2. The van der Waals surface area contributed by atoms with Crippen molar-refractivity contribution in [1.82, 2.24) is 5.32 Å². The number of amides is 1. The minimum absolute atomic E-state index is 0.115. The predicted octanol–water partition coefficient (Wildman–Crippen LogP) is 5.15. The van der Waals surface area contributed by atoms with Crippen LogP contribution in [0.25, 0.3) is 0 Å². The summed E-state index contributed by atoms with van der Waals surface area (Å²) in [6.45, 7) is 2.61. The van der Waals surface area contributed by atoms with Crippen LogP contribution in [0.3, 0.4) is 0 Å². The number of rotatable bonds is 8. The van der Waals surface area contributed by atoms with E-state index in [0.29, 0.717) is 6.54 Å². The summed E-state index contributed by atoms with van der Waals surface area (Å²) >= 11 is 0. The molecule has 0 bridgehead atoms. The highest BCUT2D eigenvalue weighted by Gasteiger charge is 2.30. The van der Waals surface area contributed by atoms with E-state index in [1.807, 2.05) is 0 Å². The van der Waals surface area contributed by atoms with Crippen LogP contribution in [0.15, 0.2) is 24.3 Å². The zero-order chi connectivity index (χ0) is 16.4. The average Bonchev–Trinajstić information content (AvgIpc) is 2.46. The second-order valence-electron chi connectivity index (χ2n) is 5.11. The molecule has 1 rings (SSSR count). The number of ether oxygens (including phenoxy) is 1. The van der Waals surface area contributed by atoms with Gasteiger partial charge in [-0.1, -0.05) is 45.1 Å². The summed E-state index contributed by atoms with van der Waals surface area (Å²) in [5.41, 5.74) is -0.839. The number of carbonyl (C=O) groups excluding carboxylic acids is 1. The van der Waals surface area contributed by atoms with Crippen molar-refractivity contribution in [2.45, 2.75) is 51.6 Å². The molecule has 0 aliphatic rings. The minimum atomic E-state index is -4.45. The lowest BCUT2D eigenvalue weighted by atomic mass is 10.1. The van der Waals surface area contributed by atoms with Crippen LogP contribution in [0, 0.1) is 0 Å². The van der Waals surface area contributed by atoms with E-state index in [1.165, 1.54) is 31.4 Å². The molecular formula is C16H22F3NO2. The molecule has 3 nitrogen and oxygen atoms in total. The first-order valence-corrected chi connectivity index (χ1v) is 7.56. The van der Waals surface area contributed by atoms with Crippen molar-refractivity contribution in [3.8, 4) is 5.75 Å². The number of alkyl halides is 3. The van der Waals surface area contributed by atoms with Crippen LogP contribution >= 0.6 is 0 Å². The van der Waals surface area contributed by atoms with E-state index in [4.69, 9.17) is 4.74 Å². The van der Waals surface area contributed by atoms with Crippen LogP contribution in [-0.4, -0.2) is 12.6 Å². The summed E-state index contributed by atoms with van der Waals surface area (Å²) in [5.74, 6) is -0.115. The lowest BCUT2D eigenvalue weighted by Gasteiger charge is -2.10. The molecule has 0 spiro atoms. The van der Waals surface area contributed by atoms with Crippen molar-refractivity contribution in [2.75, 3.05) is 6.54 Å². The van der Waals surface area contributed by atoms with E-state index in [1.54, 1.807) is 0 Å². The third-order valence-electron chi connectivity index (χ3n) is 3.17. The number of unbranched alkanes of at least 4 members (excludes halogenated alkanes) is 5. The normalized spacial score (nSPS) is 11.3. The van der Waals surface area contributed by atoms with Crippen LogP contribution < -0.4 is 10.1 Å². The van der Waals surface area contributed by atoms with E-state index in [2.05, 4.69) is 12.2 Å². The highest BCUT2D eigenvalue weighted by atomic mass is 19.4. The molecule has 1 amide bonds. The van der Waals surface area contributed by atoms with Gasteiger partial charge in [0.1, 0.15) is 5.75 Å². The Labute approximate surface area is 128 Å². The Morgan fingerprint density at radius 3 is 2.50 bits per heavy atom. The number of hydrogen-bond donors (Lipinski definition) is 1. The fraction of sp³-hybridized carbons (Fsp3) is 0.562. The molecule has 0 saturated carbocycles. The SMILES string of the molecule is CCCCCCCCNC(=O)Oc1cccc(C(F)(F)F)c1. The Morgan fingerprint density at radius 1 is 1.14 bits per heavy atom. The van der Waals surface area contributed by atoms with Crippen molar-refractivity contribution in [1.29, 1.82) is 0 Å². The molecule has 0 saturated heterocycles. The third kappa shape index (κ3) is 7.33. The van der Waals surface area contributed by atoms with Gasteiger partial charge < -0.3 is 10.1 Å². The van der Waals surface area contributed by atoms with Gasteiger partial charge in [0.05, 0.1) is 5.56 Å². The number of carbonyl (C=O) groups is 1. The molecule has 0 aliphatic carbocycles. The summed E-state index contributed by atoms with van der Waals surface area (Å²) in [5, 5.41) is 2.54. The van der Waals surface area contributed by atoms with Gasteiger partial charge in [-0.05, 0) is 24.6 Å². The Hall–Kier alpha value is -1.72. The molecule has 0 heterocycles. The Kier molecular flexibility index (Phi) is 7.77. The molecule has 124 valence electrons. The zero-order valence-corrected chi connectivity index (χ0v) is 12.7. The molecule has 0 aromatic heterocycles. The van der Waals surface area contributed by atoms with Gasteiger partial charge in [0.25, 0.3) is 0 Å². The van der Waals surface area contributed by atoms with Gasteiger partial charge in [0.2, 0.25) is 0 Å². The third-order valence-corrected chi connectivity index (χ3v) is 3.17. The summed E-state index contributed by atoms with van der Waals surface area (Å²) in [6.07, 6.45) is 1.38. The summed E-state index contributed by atoms with van der Waals surface area (Å²) in [7, 11) is 0. The van der Waals surface area contributed by atoms with E-state index >= 15 is 0 Å². The smallest absolute Gasteiger partial charge is 0.410 e. The number of halogens is 3. The van der Waals surface area contributed by atoms with Gasteiger partial charge in [0, 0.05) is 6.54 Å². The molecule has 22 heavy (non-hydrogen) atoms. The monoisotopic (exact) mass is 317 g/mol. The van der Waals surface area contributed by atoms with Gasteiger partial charge in [-0.25, -0.2) is 4.79 Å². The molecule has 0 radical (unpaired) electrons. The van der Waals surface area contributed by atoms with Crippen molar-refractivity contribution in [2.24, 2.45) is 0 Å². The molecule has 0 aliphatic heterocycles. The van der Waals surface area contributed by atoms with Gasteiger partial charge in [0.15, 0.2) is 0 Å². The topological polar surface area (TPSA) is 38.3 Å². The first kappa shape index (κ1) is 18.3. The quantitative estimate of drug-likeness (QED) is 0.673. The lowest BCUT2D eigenvalue weighted by Crippen LogP contribution is -2.27. The van der Waals surface area contributed by atoms with Crippen LogP contribution in [0.4, 0.5) is 18.0 Å². The molecule has 0 fully saturated rings. The fourth-order valence-electron chi connectivity index (χ4n) is 1.97. The molecule has 1 aromatic rings. The summed E-state index contributed by atoms with van der Waals surface area (Å²) in [4.78, 5) is 11.5. The average molecular weight is 317 g/mol. The molecule has 1 aromatic carbocycles. The Balaban J connectivity index is 2.28. The van der Waals surface area contributed by atoms with Crippen molar-refractivity contribution in [3.05, 3.63) is 29.8 Å². The first-order chi connectivity index (χ1) is 10.4. The second-order valence-corrected chi connectivity index (χ2v) is 5.11. The number of benzene rings is 1. The van der Waals surface area contributed by atoms with Gasteiger partial charge >= 0.3 is 12.3 Å². The maximum Gasteiger partial charge on any atom is 0.416 e. The summed E-state index contributed by atoms with van der Waals surface area (Å²) < 4.78 is 42.4. The van der Waals surface area contributed by atoms with Gasteiger partial charge in [-0.3, -0.25) is 0 Å². The van der Waals surface area contributed by atoms with Crippen LogP contribution in [-0.2, 0) is 6.18 Å². The summed E-state index contributed by atoms with van der Waals surface area (Å²) in [6, 6.07) is 4.27. The maximum atomic E-state index is 12.5. The van der Waals surface area contributed by atoms with Crippen LogP contribution in [0.5, 0.6) is 5.75 Å². The lowest BCUT2D eigenvalue weighted by molar-refractivity contribution is -0.137. The van der Waals surface area contributed by atoms with E-state index in [9.17, 15) is 18.0 Å². The van der Waals surface area contributed by atoms with Gasteiger partial charge in [-0.2, -0.15) is 13.2 Å². The highest BCUT2D eigenvalue weighted by molar-refractivity contribution is 5.70. The molecule has 0 unspecified atom stereocenters. The largest absolute Gasteiger partial charge is 0.416 e. The standard InChI is InChI=1S/C16H22F3NO2/c1-2-3-4-5-6-7-11-20-15(21)22-14-10-8-9-13(12-14)16(17,18)19/h8-10,12H,2-7,11H2,1H3,(H,20,21). The van der Waals surface area contributed by atoms with Crippen LogP contribution in [0.1, 0.15) is 51.0 Å². The fourth-order valence-corrected chi connectivity index (χ4v) is 1.97. The number of nitrogens with one attached hydrogen (secondary N) is 1. The minimum Gasteiger partial charge on any atom is -0.410 e. The Bertz CT molecular complexity index is 461. The Morgan fingerprint density at radius 2 is 1.82 bits per heavy atom. The van der Waals surface area contributed by atoms with E-state index < -0.39 is 17.8 Å². The van der Waals surface area contributed by atoms with E-state index in [-0.39, 0.29) is 5.75 Å². The molecule has 1 N–H and O–H groups in total. The van der Waals surface area contributed by atoms with Crippen molar-refractivity contribution >= 4 is 6.09 Å². The highest BCUT2D eigenvalue weighted by Crippen LogP contribution is 2.31. The molecule has 6 heteroatoms. The predicted molar refractivity (Wildman–Crippen MR) is 78.8 cm³/mol. The van der Waals surface area contributed by atoms with Crippen molar-refractivity contribution < 1.29 is 22.7 Å². The molecular weight excluding hydrogens is 295 g/mol. The first-order valence-electron chi connectivity index (χ1n) is 7.56. The second kappa shape index (κ2) is 9.33.